The Morgan fingerprint density at radius 3 is 2.69 bits per heavy atom. The quantitative estimate of drug-likeness (QED) is 0.444. The van der Waals surface area contributed by atoms with Gasteiger partial charge in [-0.25, -0.2) is 14.2 Å². The Morgan fingerprint density at radius 1 is 1.22 bits per heavy atom. The van der Waals surface area contributed by atoms with Gasteiger partial charge in [0.25, 0.3) is 5.56 Å². The zero-order valence-electron chi connectivity index (χ0n) is 17.9. The molecule has 0 radical (unpaired) electrons. The molecule has 1 unspecified atom stereocenters. The second-order valence-electron chi connectivity index (χ2n) is 9.22. The summed E-state index contributed by atoms with van der Waals surface area (Å²) in [6.45, 7) is 5.02. The van der Waals surface area contributed by atoms with E-state index in [1.54, 1.807) is 26.8 Å². The Hall–Kier alpha value is -3.10. The van der Waals surface area contributed by atoms with Crippen molar-refractivity contribution in [2.75, 3.05) is 0 Å². The van der Waals surface area contributed by atoms with E-state index in [1.165, 1.54) is 10.6 Å². The lowest BCUT2D eigenvalue weighted by Crippen LogP contribution is -2.44. The molecule has 0 saturated carbocycles. The number of halogens is 1. The Labute approximate surface area is 182 Å². The average Bonchev–Trinajstić information content (AvgIpc) is 3.25. The Kier molecular flexibility index (Phi) is 3.56. The molecule has 32 heavy (non-hydrogen) atoms. The summed E-state index contributed by atoms with van der Waals surface area (Å²) >= 11 is 0. The van der Waals surface area contributed by atoms with Crippen LogP contribution >= 0.6 is 0 Å². The lowest BCUT2D eigenvalue weighted by molar-refractivity contribution is -0.172. The molecule has 8 heteroatoms. The predicted octanol–water partition coefficient (Wildman–Crippen LogP) is 2.29. The largest absolute Gasteiger partial charge is 0.458 e. The topological polar surface area (TPSA) is 102 Å². The summed E-state index contributed by atoms with van der Waals surface area (Å²) in [5.41, 5.74) is 0.846. The highest BCUT2D eigenvalue weighted by atomic mass is 19.1. The lowest BCUT2D eigenvalue weighted by atomic mass is 9.86. The van der Waals surface area contributed by atoms with E-state index >= 15 is 0 Å². The molecular formula is C24H21FN2O5. The maximum Gasteiger partial charge on any atom is 0.343 e. The standard InChI is InChI=1S/C24H21FN2O5/c1-4-24(31)14-5-17-20-12(8-27(17)21(28)13(14)9-32-22(24)29)19-18-11(7-23(19,3)30)10(2)15(25)6-16(18)26-20/h5-6,30-31H,4,7-9H2,1-3H3/t23?,24-/m0/s1. The van der Waals surface area contributed by atoms with Gasteiger partial charge in [-0.1, -0.05) is 6.92 Å². The number of carbonyl (C=O) groups is 1. The number of cyclic esters (lactones) is 1. The summed E-state index contributed by atoms with van der Waals surface area (Å²) in [5, 5.41) is 23.0. The van der Waals surface area contributed by atoms with Crippen molar-refractivity contribution in [1.82, 2.24) is 9.55 Å². The predicted molar refractivity (Wildman–Crippen MR) is 112 cm³/mol. The third kappa shape index (κ3) is 2.14. The first kappa shape index (κ1) is 19.6. The van der Waals surface area contributed by atoms with E-state index in [4.69, 9.17) is 9.72 Å². The van der Waals surface area contributed by atoms with E-state index in [0.717, 1.165) is 10.9 Å². The number of hydrogen-bond donors (Lipinski definition) is 2. The van der Waals surface area contributed by atoms with Gasteiger partial charge in [0, 0.05) is 34.6 Å². The van der Waals surface area contributed by atoms with Crippen LogP contribution in [-0.4, -0.2) is 25.7 Å². The molecule has 0 amide bonds. The Balaban J connectivity index is 1.71. The highest BCUT2D eigenvalue weighted by molar-refractivity contribution is 5.94. The van der Waals surface area contributed by atoms with Crippen molar-refractivity contribution in [1.29, 1.82) is 0 Å². The highest BCUT2D eigenvalue weighted by Gasteiger charge is 2.46. The second-order valence-corrected chi connectivity index (χ2v) is 9.22. The minimum absolute atomic E-state index is 0.0491. The van der Waals surface area contributed by atoms with Gasteiger partial charge in [-0.3, -0.25) is 4.79 Å². The van der Waals surface area contributed by atoms with Crippen LogP contribution in [0.4, 0.5) is 4.39 Å². The number of carbonyl (C=O) groups excluding carboxylic acids is 1. The van der Waals surface area contributed by atoms with Crippen molar-refractivity contribution in [3.8, 4) is 11.4 Å². The van der Waals surface area contributed by atoms with Crippen LogP contribution < -0.4 is 5.56 Å². The van der Waals surface area contributed by atoms with Gasteiger partial charge in [-0.15, -0.1) is 0 Å². The van der Waals surface area contributed by atoms with Crippen molar-refractivity contribution in [2.24, 2.45) is 0 Å². The number of aromatic nitrogens is 2. The van der Waals surface area contributed by atoms with Gasteiger partial charge < -0.3 is 19.5 Å². The van der Waals surface area contributed by atoms with E-state index in [1.807, 2.05) is 0 Å². The van der Waals surface area contributed by atoms with Gasteiger partial charge in [-0.2, -0.15) is 0 Å². The number of benzene rings is 1. The SMILES string of the molecule is CC[C@@]1(O)C(=O)OCc2c1cc1n(c2=O)Cc2c-1nc1cc(F)c(C)c3c1c2C(C)(O)C3. The summed E-state index contributed by atoms with van der Waals surface area (Å²) in [4.78, 5) is 30.4. The Bertz CT molecular complexity index is 1470. The molecule has 2 N–H and O–H groups in total. The molecule has 6 rings (SSSR count). The van der Waals surface area contributed by atoms with Gasteiger partial charge in [0.2, 0.25) is 0 Å². The molecule has 2 atom stereocenters. The van der Waals surface area contributed by atoms with Gasteiger partial charge in [0.1, 0.15) is 12.4 Å². The summed E-state index contributed by atoms with van der Waals surface area (Å²) in [6.07, 6.45) is 0.313. The van der Waals surface area contributed by atoms with E-state index in [0.29, 0.717) is 33.6 Å². The molecule has 164 valence electrons. The third-order valence-corrected chi connectivity index (χ3v) is 7.36. The number of pyridine rings is 2. The zero-order valence-corrected chi connectivity index (χ0v) is 17.9. The van der Waals surface area contributed by atoms with Crippen molar-refractivity contribution in [3.63, 3.8) is 0 Å². The Morgan fingerprint density at radius 2 is 1.97 bits per heavy atom. The average molecular weight is 436 g/mol. The van der Waals surface area contributed by atoms with Crippen LogP contribution in [0.15, 0.2) is 16.9 Å². The molecule has 2 aliphatic heterocycles. The summed E-state index contributed by atoms with van der Waals surface area (Å²) < 4.78 is 21.3. The number of esters is 1. The second kappa shape index (κ2) is 5.82. The first-order valence-corrected chi connectivity index (χ1v) is 10.6. The van der Waals surface area contributed by atoms with Gasteiger partial charge in [0.15, 0.2) is 5.60 Å². The molecule has 7 nitrogen and oxygen atoms in total. The first-order valence-electron chi connectivity index (χ1n) is 10.6. The fourth-order valence-electron chi connectivity index (χ4n) is 5.64. The first-order chi connectivity index (χ1) is 15.1. The summed E-state index contributed by atoms with van der Waals surface area (Å²) in [7, 11) is 0. The van der Waals surface area contributed by atoms with Crippen LogP contribution in [0, 0.1) is 12.7 Å². The molecule has 4 heterocycles. The van der Waals surface area contributed by atoms with Crippen LogP contribution in [0.2, 0.25) is 0 Å². The minimum Gasteiger partial charge on any atom is -0.458 e. The number of ether oxygens (including phenoxy) is 1. The number of fused-ring (bicyclic) bond motifs is 5. The summed E-state index contributed by atoms with van der Waals surface area (Å²) in [6, 6.07) is 2.98. The number of nitrogens with zero attached hydrogens (tertiary/aromatic N) is 2. The monoisotopic (exact) mass is 436 g/mol. The van der Waals surface area contributed by atoms with Gasteiger partial charge in [0.05, 0.1) is 34.6 Å². The van der Waals surface area contributed by atoms with Crippen LogP contribution in [0.25, 0.3) is 22.3 Å². The fourth-order valence-corrected chi connectivity index (χ4v) is 5.64. The van der Waals surface area contributed by atoms with E-state index in [-0.39, 0.29) is 42.7 Å². The molecule has 3 aromatic rings. The maximum absolute atomic E-state index is 14.6. The van der Waals surface area contributed by atoms with Crippen LogP contribution in [0.1, 0.15) is 53.6 Å². The van der Waals surface area contributed by atoms with E-state index in [9.17, 15) is 24.2 Å². The molecule has 0 spiro atoms. The van der Waals surface area contributed by atoms with Crippen LogP contribution in [0.3, 0.4) is 0 Å². The minimum atomic E-state index is -1.92. The normalized spacial score (nSPS) is 25.0. The maximum atomic E-state index is 14.6. The molecule has 1 aromatic carbocycles. The molecular weight excluding hydrogens is 415 g/mol. The number of hydrogen-bond acceptors (Lipinski definition) is 6. The summed E-state index contributed by atoms with van der Waals surface area (Å²) in [5.74, 6) is -1.18. The van der Waals surface area contributed by atoms with Crippen molar-refractivity contribution in [3.05, 3.63) is 61.7 Å². The fraction of sp³-hybridized carbons (Fsp3) is 0.375. The number of aliphatic hydroxyl groups is 2. The highest BCUT2D eigenvalue weighted by Crippen LogP contribution is 2.49. The van der Waals surface area contributed by atoms with Crippen molar-refractivity contribution in [2.45, 2.75) is 58.0 Å². The zero-order chi connectivity index (χ0) is 22.7. The molecule has 0 fully saturated rings. The van der Waals surface area contributed by atoms with Crippen LogP contribution in [0.5, 0.6) is 0 Å². The van der Waals surface area contributed by atoms with E-state index in [2.05, 4.69) is 0 Å². The van der Waals surface area contributed by atoms with Gasteiger partial charge >= 0.3 is 5.97 Å². The molecule has 3 aliphatic rings. The molecule has 0 bridgehead atoms. The molecule has 1 aliphatic carbocycles. The molecule has 2 aromatic heterocycles. The molecule has 0 saturated heterocycles. The van der Waals surface area contributed by atoms with E-state index < -0.39 is 23.0 Å². The smallest absolute Gasteiger partial charge is 0.343 e. The van der Waals surface area contributed by atoms with Crippen molar-refractivity contribution < 1.29 is 24.1 Å². The lowest BCUT2D eigenvalue weighted by Gasteiger charge is -2.31. The number of rotatable bonds is 1. The third-order valence-electron chi connectivity index (χ3n) is 7.36. The van der Waals surface area contributed by atoms with Gasteiger partial charge in [-0.05, 0) is 37.5 Å². The van der Waals surface area contributed by atoms with Crippen molar-refractivity contribution >= 4 is 16.9 Å². The van der Waals surface area contributed by atoms with Crippen LogP contribution in [-0.2, 0) is 40.3 Å².